The molecule has 4 nitrogen and oxygen atoms in total. The highest BCUT2D eigenvalue weighted by atomic mass is 32.2. The van der Waals surface area contributed by atoms with Gasteiger partial charge in [0.05, 0.1) is 10.4 Å². The van der Waals surface area contributed by atoms with Crippen LogP contribution in [-0.2, 0) is 0 Å². The van der Waals surface area contributed by atoms with Crippen LogP contribution in [0.2, 0.25) is 0 Å². The maximum Gasteiger partial charge on any atom is 0.280 e. The van der Waals surface area contributed by atoms with E-state index in [1.807, 2.05) is 6.26 Å². The molecule has 2 bridgehead atoms. The van der Waals surface area contributed by atoms with Crippen LogP contribution in [0.5, 0.6) is 0 Å². The van der Waals surface area contributed by atoms with E-state index >= 15 is 0 Å². The number of carbonyl (C=O) groups excluding carboxylic acids is 1. The number of hydrogen-bond acceptors (Lipinski definition) is 5. The highest BCUT2D eigenvalue weighted by Crippen LogP contribution is 2.29. The van der Waals surface area contributed by atoms with E-state index in [0.29, 0.717) is 23.1 Å². The lowest BCUT2D eigenvalue weighted by Gasteiger charge is -2.20. The predicted octanol–water partition coefficient (Wildman–Crippen LogP) is 1.49. The smallest absolute Gasteiger partial charge is 0.280 e. The van der Waals surface area contributed by atoms with Crippen LogP contribution in [0, 0.1) is 0 Å². The van der Waals surface area contributed by atoms with E-state index in [-0.39, 0.29) is 5.91 Å². The first-order chi connectivity index (χ1) is 8.26. The van der Waals surface area contributed by atoms with E-state index in [2.05, 4.69) is 15.6 Å². The third-order valence-electron chi connectivity index (χ3n) is 3.50. The van der Waals surface area contributed by atoms with Crippen molar-refractivity contribution in [2.45, 2.75) is 41.6 Å². The molecule has 17 heavy (non-hydrogen) atoms. The first kappa shape index (κ1) is 11.5. The van der Waals surface area contributed by atoms with Crippen LogP contribution in [0.3, 0.4) is 0 Å². The largest absolute Gasteiger partial charge is 0.346 e. The van der Waals surface area contributed by atoms with Gasteiger partial charge in [-0.2, -0.15) is 0 Å². The minimum Gasteiger partial charge on any atom is -0.346 e. The molecule has 0 aliphatic carbocycles. The Hall–Kier alpha value is -0.590. The molecule has 2 N–H and O–H groups in total. The molecule has 0 saturated carbocycles. The fourth-order valence-corrected chi connectivity index (χ4v) is 3.95. The van der Waals surface area contributed by atoms with Gasteiger partial charge in [-0.15, -0.1) is 23.1 Å². The van der Waals surface area contributed by atoms with Gasteiger partial charge in [-0.05, 0) is 25.5 Å². The average Bonchev–Trinajstić information content (AvgIpc) is 3.04. The van der Waals surface area contributed by atoms with Gasteiger partial charge in [-0.1, -0.05) is 0 Å². The van der Waals surface area contributed by atoms with Crippen molar-refractivity contribution >= 4 is 29.0 Å². The molecule has 3 unspecified atom stereocenters. The molecule has 1 aromatic heterocycles. The number of fused-ring (bicyclic) bond motifs is 2. The van der Waals surface area contributed by atoms with Crippen LogP contribution in [-0.4, -0.2) is 35.3 Å². The maximum absolute atomic E-state index is 12.0. The van der Waals surface area contributed by atoms with Crippen molar-refractivity contribution in [1.82, 2.24) is 15.6 Å². The Balaban J connectivity index is 1.63. The topological polar surface area (TPSA) is 54.0 Å². The second-order valence-corrected chi connectivity index (χ2v) is 6.69. The van der Waals surface area contributed by atoms with Gasteiger partial charge in [0.25, 0.3) is 5.91 Å². The molecule has 0 spiro atoms. The van der Waals surface area contributed by atoms with Crippen LogP contribution in [0.15, 0.2) is 10.4 Å². The second-order valence-electron chi connectivity index (χ2n) is 4.55. The average molecular weight is 269 g/mol. The van der Waals surface area contributed by atoms with Crippen molar-refractivity contribution in [3.63, 3.8) is 0 Å². The summed E-state index contributed by atoms with van der Waals surface area (Å²) in [5.74, 6) is -0.0188. The van der Waals surface area contributed by atoms with E-state index in [9.17, 15) is 4.79 Å². The van der Waals surface area contributed by atoms with Crippen LogP contribution in [0.25, 0.3) is 0 Å². The minimum atomic E-state index is -0.0188. The molecular formula is C11H15N3OS2. The zero-order valence-electron chi connectivity index (χ0n) is 9.60. The molecule has 3 rings (SSSR count). The van der Waals surface area contributed by atoms with Gasteiger partial charge in [0.1, 0.15) is 0 Å². The molecule has 0 aromatic carbocycles. The van der Waals surface area contributed by atoms with E-state index in [4.69, 9.17) is 0 Å². The SMILES string of the molecule is CSc1cnc(C(=O)NC2CC3CCC2N3)s1. The van der Waals surface area contributed by atoms with Gasteiger partial charge >= 0.3 is 0 Å². The highest BCUT2D eigenvalue weighted by molar-refractivity contribution is 8.00. The normalized spacial score (nSPS) is 30.8. The molecule has 3 atom stereocenters. The number of rotatable bonds is 3. The van der Waals surface area contributed by atoms with Crippen LogP contribution >= 0.6 is 23.1 Å². The number of thiazole rings is 1. The predicted molar refractivity (Wildman–Crippen MR) is 69.7 cm³/mol. The van der Waals surface area contributed by atoms with E-state index in [1.165, 1.54) is 24.2 Å². The number of nitrogens with zero attached hydrogens (tertiary/aromatic N) is 1. The quantitative estimate of drug-likeness (QED) is 0.816. The first-order valence-electron chi connectivity index (χ1n) is 5.83. The highest BCUT2D eigenvalue weighted by Gasteiger charge is 2.39. The number of thioether (sulfide) groups is 1. The van der Waals surface area contributed by atoms with Crippen molar-refractivity contribution < 1.29 is 4.79 Å². The fourth-order valence-electron chi connectivity index (χ4n) is 2.67. The number of hydrogen-bond donors (Lipinski definition) is 2. The summed E-state index contributed by atoms with van der Waals surface area (Å²) in [6.07, 6.45) is 7.27. The summed E-state index contributed by atoms with van der Waals surface area (Å²) in [7, 11) is 0. The van der Waals surface area contributed by atoms with Gasteiger partial charge < -0.3 is 10.6 Å². The molecule has 1 aromatic rings. The summed E-state index contributed by atoms with van der Waals surface area (Å²) < 4.78 is 1.08. The molecule has 2 aliphatic rings. The molecule has 2 aliphatic heterocycles. The van der Waals surface area contributed by atoms with Gasteiger partial charge in [0, 0.05) is 18.1 Å². The fraction of sp³-hybridized carbons (Fsp3) is 0.636. The summed E-state index contributed by atoms with van der Waals surface area (Å²) in [4.78, 5) is 16.2. The van der Waals surface area contributed by atoms with E-state index in [0.717, 1.165) is 10.6 Å². The molecule has 1 amide bonds. The third kappa shape index (κ3) is 2.21. The molecule has 3 heterocycles. The molecule has 2 fully saturated rings. The molecular weight excluding hydrogens is 254 g/mol. The lowest BCUT2D eigenvalue weighted by atomic mass is 9.95. The Morgan fingerprint density at radius 1 is 1.65 bits per heavy atom. The Labute approximate surface area is 109 Å². The van der Waals surface area contributed by atoms with Crippen molar-refractivity contribution in [3.05, 3.63) is 11.2 Å². The standard InChI is InChI=1S/C11H15N3OS2/c1-16-9-5-12-11(17-9)10(15)14-8-4-6-2-3-7(8)13-6/h5-8,13H,2-4H2,1H3,(H,14,15). The first-order valence-corrected chi connectivity index (χ1v) is 7.87. The second kappa shape index (κ2) is 4.59. The summed E-state index contributed by atoms with van der Waals surface area (Å²) in [6, 6.07) is 1.38. The zero-order valence-corrected chi connectivity index (χ0v) is 11.2. The summed E-state index contributed by atoms with van der Waals surface area (Å²) in [6.45, 7) is 0. The third-order valence-corrected chi connectivity index (χ3v) is 5.54. The molecule has 92 valence electrons. The van der Waals surface area contributed by atoms with Gasteiger partial charge in [0.15, 0.2) is 5.01 Å². The minimum absolute atomic E-state index is 0.0188. The summed E-state index contributed by atoms with van der Waals surface area (Å²) >= 11 is 3.09. The van der Waals surface area contributed by atoms with Crippen LogP contribution < -0.4 is 10.6 Å². The van der Waals surface area contributed by atoms with Crippen molar-refractivity contribution in [3.8, 4) is 0 Å². The summed E-state index contributed by atoms with van der Waals surface area (Å²) in [5.41, 5.74) is 0. The van der Waals surface area contributed by atoms with Gasteiger partial charge in [-0.3, -0.25) is 4.79 Å². The van der Waals surface area contributed by atoms with Crippen LogP contribution in [0.4, 0.5) is 0 Å². The van der Waals surface area contributed by atoms with E-state index < -0.39 is 0 Å². The monoisotopic (exact) mass is 269 g/mol. The van der Waals surface area contributed by atoms with Gasteiger partial charge in [0.2, 0.25) is 0 Å². The lowest BCUT2D eigenvalue weighted by molar-refractivity contribution is 0.0930. The van der Waals surface area contributed by atoms with Crippen molar-refractivity contribution in [2.24, 2.45) is 0 Å². The zero-order chi connectivity index (χ0) is 11.8. The maximum atomic E-state index is 12.0. The van der Waals surface area contributed by atoms with Crippen molar-refractivity contribution in [1.29, 1.82) is 0 Å². The van der Waals surface area contributed by atoms with Crippen molar-refractivity contribution in [2.75, 3.05) is 6.26 Å². The Morgan fingerprint density at radius 3 is 3.12 bits per heavy atom. The molecule has 2 saturated heterocycles. The Kier molecular flexibility index (Phi) is 3.10. The molecule has 0 radical (unpaired) electrons. The number of carbonyl (C=O) groups is 1. The lowest BCUT2D eigenvalue weighted by Crippen LogP contribution is -2.42. The van der Waals surface area contributed by atoms with E-state index in [1.54, 1.807) is 18.0 Å². The Bertz CT molecular complexity index is 434. The number of amides is 1. The molecule has 6 heteroatoms. The summed E-state index contributed by atoms with van der Waals surface area (Å²) in [5, 5.41) is 7.20. The number of nitrogens with one attached hydrogen (secondary N) is 2. The Morgan fingerprint density at radius 2 is 2.53 bits per heavy atom. The van der Waals surface area contributed by atoms with Gasteiger partial charge in [-0.25, -0.2) is 4.98 Å². The van der Waals surface area contributed by atoms with Crippen LogP contribution in [0.1, 0.15) is 29.1 Å². The number of aromatic nitrogens is 1.